The number of benzene rings is 1. The number of carboxylic acids is 2. The van der Waals surface area contributed by atoms with Crippen molar-refractivity contribution in [3.8, 4) is 0 Å². The molecule has 0 fully saturated rings. The van der Waals surface area contributed by atoms with Gasteiger partial charge < -0.3 is 15.5 Å². The van der Waals surface area contributed by atoms with Crippen LogP contribution < -0.4 is 5.32 Å². The maximum Gasteiger partial charge on any atom is 0.326 e. The summed E-state index contributed by atoms with van der Waals surface area (Å²) in [4.78, 5) is 33.6. The second-order valence-electron chi connectivity index (χ2n) is 4.05. The minimum absolute atomic E-state index is 0.134. The first-order chi connectivity index (χ1) is 9.72. The number of rotatable bonds is 6. The number of aliphatic carboxylic acids is 2. The molecule has 6 nitrogen and oxygen atoms in total. The lowest BCUT2D eigenvalue weighted by Crippen LogP contribution is -2.41. The van der Waals surface area contributed by atoms with Gasteiger partial charge in [0.05, 0.1) is 10.6 Å². The van der Waals surface area contributed by atoms with Gasteiger partial charge in [-0.25, -0.2) is 4.79 Å². The molecule has 9 heteroatoms. The SMILES string of the molecule is O=C(O)CCC(NC(=O)c1cc(Cl)cc(Cl)c1I)C(=O)O. The summed E-state index contributed by atoms with van der Waals surface area (Å²) < 4.78 is 0.429. The molecule has 1 amide bonds. The van der Waals surface area contributed by atoms with Crippen molar-refractivity contribution in [2.45, 2.75) is 18.9 Å². The number of halogens is 3. The molecular weight excluding hydrogens is 436 g/mol. The summed E-state index contributed by atoms with van der Waals surface area (Å²) in [5, 5.41) is 20.3. The van der Waals surface area contributed by atoms with Crippen LogP contribution in [0.1, 0.15) is 23.2 Å². The summed E-state index contributed by atoms with van der Waals surface area (Å²) in [5.74, 6) is -3.13. The molecule has 3 N–H and O–H groups in total. The summed E-state index contributed by atoms with van der Waals surface area (Å²) >= 11 is 13.5. The number of nitrogens with one attached hydrogen (secondary N) is 1. The maximum atomic E-state index is 12.1. The Kier molecular flexibility index (Phi) is 6.69. The summed E-state index contributed by atoms with van der Waals surface area (Å²) in [6.45, 7) is 0. The maximum absolute atomic E-state index is 12.1. The van der Waals surface area contributed by atoms with E-state index in [4.69, 9.17) is 33.4 Å². The van der Waals surface area contributed by atoms with E-state index in [0.29, 0.717) is 3.57 Å². The largest absolute Gasteiger partial charge is 0.481 e. The van der Waals surface area contributed by atoms with Crippen LogP contribution in [-0.4, -0.2) is 34.1 Å². The average Bonchev–Trinajstić information content (AvgIpc) is 2.37. The topological polar surface area (TPSA) is 104 Å². The third kappa shape index (κ3) is 5.33. The van der Waals surface area contributed by atoms with Crippen molar-refractivity contribution in [1.82, 2.24) is 5.32 Å². The van der Waals surface area contributed by atoms with E-state index < -0.39 is 23.9 Å². The van der Waals surface area contributed by atoms with Gasteiger partial charge in [0.25, 0.3) is 5.91 Å². The highest BCUT2D eigenvalue weighted by Gasteiger charge is 2.23. The Hall–Kier alpha value is -1.06. The number of carboxylic acid groups (broad SMARTS) is 2. The lowest BCUT2D eigenvalue weighted by Gasteiger charge is -2.14. The fourth-order valence-corrected chi connectivity index (χ4v) is 2.53. The number of amides is 1. The lowest BCUT2D eigenvalue weighted by molar-refractivity contribution is -0.140. The van der Waals surface area contributed by atoms with Gasteiger partial charge in [-0.3, -0.25) is 9.59 Å². The van der Waals surface area contributed by atoms with Crippen LogP contribution in [0.4, 0.5) is 0 Å². The number of hydrogen-bond acceptors (Lipinski definition) is 3. The van der Waals surface area contributed by atoms with Crippen LogP contribution in [0.5, 0.6) is 0 Å². The van der Waals surface area contributed by atoms with Gasteiger partial charge >= 0.3 is 11.9 Å². The van der Waals surface area contributed by atoms with Gasteiger partial charge in [-0.05, 0) is 41.1 Å². The standard InChI is InChI=1S/C12H10Cl2INO5/c13-5-3-6(10(15)7(14)4-5)11(19)16-8(12(20)21)1-2-9(17)18/h3-4,8H,1-2H2,(H,16,19)(H,17,18)(H,20,21). The smallest absolute Gasteiger partial charge is 0.326 e. The first-order valence-electron chi connectivity index (χ1n) is 5.62. The van der Waals surface area contributed by atoms with Crippen LogP contribution in [0.2, 0.25) is 10.0 Å². The highest BCUT2D eigenvalue weighted by atomic mass is 127. The Morgan fingerprint density at radius 3 is 2.38 bits per heavy atom. The highest BCUT2D eigenvalue weighted by Crippen LogP contribution is 2.26. The summed E-state index contributed by atoms with van der Waals surface area (Å²) in [6, 6.07) is 1.52. The first kappa shape index (κ1) is 18.0. The monoisotopic (exact) mass is 445 g/mol. The predicted octanol–water partition coefficient (Wildman–Crippen LogP) is 2.65. The van der Waals surface area contributed by atoms with E-state index >= 15 is 0 Å². The zero-order chi connectivity index (χ0) is 16.2. The van der Waals surface area contributed by atoms with Crippen molar-refractivity contribution in [2.75, 3.05) is 0 Å². The molecule has 0 aromatic heterocycles. The van der Waals surface area contributed by atoms with E-state index in [1.807, 2.05) is 22.6 Å². The van der Waals surface area contributed by atoms with Crippen LogP contribution in [-0.2, 0) is 9.59 Å². The molecule has 21 heavy (non-hydrogen) atoms. The molecule has 0 saturated heterocycles. The summed E-state index contributed by atoms with van der Waals surface area (Å²) in [5.41, 5.74) is 0.134. The second-order valence-corrected chi connectivity index (χ2v) is 5.97. The van der Waals surface area contributed by atoms with E-state index in [9.17, 15) is 14.4 Å². The van der Waals surface area contributed by atoms with Gasteiger partial charge in [0, 0.05) is 15.0 Å². The number of carbonyl (C=O) groups excluding carboxylic acids is 1. The quantitative estimate of drug-likeness (QED) is 0.461. The van der Waals surface area contributed by atoms with Gasteiger partial charge in [0.1, 0.15) is 6.04 Å². The van der Waals surface area contributed by atoms with Crippen molar-refractivity contribution >= 4 is 63.6 Å². The van der Waals surface area contributed by atoms with Crippen molar-refractivity contribution < 1.29 is 24.6 Å². The normalized spacial score (nSPS) is 11.8. The Morgan fingerprint density at radius 2 is 1.86 bits per heavy atom. The molecule has 0 bridgehead atoms. The van der Waals surface area contributed by atoms with Crippen LogP contribution >= 0.6 is 45.8 Å². The molecule has 0 heterocycles. The molecule has 0 spiro atoms. The molecule has 0 aliphatic heterocycles. The second kappa shape index (κ2) is 7.81. The third-order valence-corrected chi connectivity index (χ3v) is 4.49. The Labute approximate surface area is 143 Å². The molecule has 1 atom stereocenters. The highest BCUT2D eigenvalue weighted by molar-refractivity contribution is 14.1. The van der Waals surface area contributed by atoms with E-state index in [2.05, 4.69) is 5.32 Å². The summed E-state index contributed by atoms with van der Waals surface area (Å²) in [6.07, 6.45) is -0.591. The Bertz CT molecular complexity index is 593. The number of carbonyl (C=O) groups is 3. The minimum Gasteiger partial charge on any atom is -0.481 e. The van der Waals surface area contributed by atoms with Gasteiger partial charge in [-0.1, -0.05) is 23.2 Å². The minimum atomic E-state index is -1.31. The van der Waals surface area contributed by atoms with Gasteiger partial charge in [0.15, 0.2) is 0 Å². The Morgan fingerprint density at radius 1 is 1.24 bits per heavy atom. The van der Waals surface area contributed by atoms with Crippen LogP contribution in [0.15, 0.2) is 12.1 Å². The fourth-order valence-electron chi connectivity index (χ4n) is 1.48. The molecule has 1 aromatic carbocycles. The zero-order valence-electron chi connectivity index (χ0n) is 10.4. The molecule has 1 unspecified atom stereocenters. The average molecular weight is 446 g/mol. The molecule has 1 rings (SSSR count). The van der Waals surface area contributed by atoms with Crippen LogP contribution in [0.25, 0.3) is 0 Å². The van der Waals surface area contributed by atoms with Crippen molar-refractivity contribution in [3.63, 3.8) is 0 Å². The molecule has 0 aliphatic carbocycles. The van der Waals surface area contributed by atoms with E-state index in [-0.39, 0.29) is 28.5 Å². The summed E-state index contributed by atoms with van der Waals surface area (Å²) in [7, 11) is 0. The van der Waals surface area contributed by atoms with Crippen LogP contribution in [0.3, 0.4) is 0 Å². The zero-order valence-corrected chi connectivity index (χ0v) is 14.1. The van der Waals surface area contributed by atoms with E-state index in [0.717, 1.165) is 0 Å². The Balaban J connectivity index is 2.92. The molecule has 0 aliphatic rings. The first-order valence-corrected chi connectivity index (χ1v) is 7.46. The van der Waals surface area contributed by atoms with E-state index in [1.165, 1.54) is 12.1 Å². The molecular formula is C12H10Cl2INO5. The van der Waals surface area contributed by atoms with Gasteiger partial charge in [-0.15, -0.1) is 0 Å². The van der Waals surface area contributed by atoms with Crippen molar-refractivity contribution in [1.29, 1.82) is 0 Å². The molecule has 114 valence electrons. The molecule has 0 saturated carbocycles. The van der Waals surface area contributed by atoms with E-state index in [1.54, 1.807) is 0 Å². The fraction of sp³-hybridized carbons (Fsp3) is 0.250. The molecule has 1 aromatic rings. The third-order valence-electron chi connectivity index (χ3n) is 2.49. The van der Waals surface area contributed by atoms with Crippen molar-refractivity contribution in [2.24, 2.45) is 0 Å². The van der Waals surface area contributed by atoms with Crippen LogP contribution in [0, 0.1) is 3.57 Å². The van der Waals surface area contributed by atoms with Crippen molar-refractivity contribution in [3.05, 3.63) is 31.3 Å². The lowest BCUT2D eigenvalue weighted by atomic mass is 10.1. The molecule has 0 radical (unpaired) electrons. The number of hydrogen-bond donors (Lipinski definition) is 3. The van der Waals surface area contributed by atoms with Gasteiger partial charge in [0.2, 0.25) is 0 Å². The van der Waals surface area contributed by atoms with Gasteiger partial charge in [-0.2, -0.15) is 0 Å². The predicted molar refractivity (Wildman–Crippen MR) is 84.9 cm³/mol.